The van der Waals surface area contributed by atoms with Crippen molar-refractivity contribution in [3.63, 3.8) is 0 Å². The van der Waals surface area contributed by atoms with E-state index in [1.165, 1.54) is 6.42 Å². The first-order valence-corrected chi connectivity index (χ1v) is 11.1. The number of para-hydroxylation sites is 1. The molecule has 1 amide bonds. The quantitative estimate of drug-likeness (QED) is 0.681. The largest absolute Gasteiger partial charge is 0.284 e. The third-order valence-corrected chi connectivity index (χ3v) is 6.43. The second-order valence-corrected chi connectivity index (χ2v) is 9.25. The van der Waals surface area contributed by atoms with Gasteiger partial charge < -0.3 is 0 Å². The molecule has 1 N–H and O–H groups in total. The summed E-state index contributed by atoms with van der Waals surface area (Å²) in [5, 5.41) is 9.94. The fraction of sp³-hybridized carbons (Fsp3) is 0.391. The predicted octanol–water partition coefficient (Wildman–Crippen LogP) is 5.45. The number of hydrogen-bond acceptors (Lipinski definition) is 4. The lowest BCUT2D eigenvalue weighted by molar-refractivity contribution is -0.120. The number of benzene rings is 2. The number of piperidine rings is 1. The summed E-state index contributed by atoms with van der Waals surface area (Å²) in [6.07, 6.45) is 3.39. The van der Waals surface area contributed by atoms with Gasteiger partial charge in [0.05, 0.1) is 16.8 Å². The number of carbonyl (C=O) groups is 1. The molecule has 2 aromatic carbocycles. The van der Waals surface area contributed by atoms with E-state index in [4.69, 9.17) is 28.3 Å². The lowest BCUT2D eigenvalue weighted by Crippen LogP contribution is -2.50. The minimum absolute atomic E-state index is 0.157. The number of nitrogens with zero attached hydrogens (tertiary/aromatic N) is 3. The van der Waals surface area contributed by atoms with Crippen molar-refractivity contribution in [3.8, 4) is 0 Å². The number of hydrazine groups is 1. The lowest BCUT2D eigenvalue weighted by atomic mass is 9.77. The van der Waals surface area contributed by atoms with Gasteiger partial charge in [-0.15, -0.1) is 0 Å². The summed E-state index contributed by atoms with van der Waals surface area (Å²) in [5.74, 6) is -0.157. The van der Waals surface area contributed by atoms with E-state index in [9.17, 15) is 4.79 Å². The molecule has 0 spiro atoms. The molecule has 1 atom stereocenters. The molecule has 4 rings (SSSR count). The molecule has 2 aliphatic heterocycles. The zero-order chi connectivity index (χ0) is 21.3. The third kappa shape index (κ3) is 4.07. The highest BCUT2D eigenvalue weighted by Gasteiger charge is 2.49. The van der Waals surface area contributed by atoms with E-state index in [1.807, 2.05) is 58.5 Å². The predicted molar refractivity (Wildman–Crippen MR) is 123 cm³/mol. The van der Waals surface area contributed by atoms with Crippen molar-refractivity contribution in [1.29, 1.82) is 0 Å². The van der Waals surface area contributed by atoms with Crippen molar-refractivity contribution in [1.82, 2.24) is 10.4 Å². The van der Waals surface area contributed by atoms with Crippen LogP contribution in [0.25, 0.3) is 0 Å². The van der Waals surface area contributed by atoms with E-state index in [2.05, 4.69) is 19.3 Å². The first-order chi connectivity index (χ1) is 14.4. The summed E-state index contributed by atoms with van der Waals surface area (Å²) >= 11 is 12.6. The van der Waals surface area contributed by atoms with Crippen LogP contribution in [-0.4, -0.2) is 29.7 Å². The van der Waals surface area contributed by atoms with Crippen molar-refractivity contribution >= 4 is 40.5 Å². The highest BCUT2D eigenvalue weighted by molar-refractivity contribution is 6.42. The number of carbonyl (C=O) groups excluding carboxylic acids is 1. The maximum atomic E-state index is 13.3. The van der Waals surface area contributed by atoms with Crippen molar-refractivity contribution < 1.29 is 4.79 Å². The Balaban J connectivity index is 1.72. The molecule has 1 fully saturated rings. The molecule has 0 radical (unpaired) electrons. The maximum Gasteiger partial charge on any atom is 0.282 e. The molecule has 5 nitrogen and oxygen atoms in total. The second kappa shape index (κ2) is 8.58. The summed E-state index contributed by atoms with van der Waals surface area (Å²) < 4.78 is 0. The minimum Gasteiger partial charge on any atom is -0.284 e. The van der Waals surface area contributed by atoms with E-state index >= 15 is 0 Å². The first kappa shape index (κ1) is 21.2. The van der Waals surface area contributed by atoms with Crippen LogP contribution in [0.1, 0.15) is 44.7 Å². The second-order valence-electron chi connectivity index (χ2n) is 8.41. The molecule has 2 heterocycles. The average Bonchev–Trinajstić information content (AvgIpc) is 3.01. The van der Waals surface area contributed by atoms with E-state index in [1.54, 1.807) is 0 Å². The Morgan fingerprint density at radius 2 is 1.70 bits per heavy atom. The molecular weight excluding hydrogens is 419 g/mol. The number of anilines is 1. The van der Waals surface area contributed by atoms with Crippen LogP contribution < -0.4 is 10.4 Å². The molecule has 7 heteroatoms. The number of amides is 1. The third-order valence-electron chi connectivity index (χ3n) is 5.86. The molecule has 0 aliphatic carbocycles. The fourth-order valence-electron chi connectivity index (χ4n) is 4.30. The van der Waals surface area contributed by atoms with Crippen LogP contribution in [0.15, 0.2) is 53.6 Å². The maximum absolute atomic E-state index is 13.3. The molecular formula is C23H26Cl2N4O. The number of hydrogen-bond donors (Lipinski definition) is 1. The van der Waals surface area contributed by atoms with E-state index in [0.717, 1.165) is 37.2 Å². The topological polar surface area (TPSA) is 47.9 Å². The summed E-state index contributed by atoms with van der Waals surface area (Å²) in [6.45, 7) is 5.85. The van der Waals surface area contributed by atoms with Crippen molar-refractivity contribution in [3.05, 3.63) is 64.1 Å². The SMILES string of the molecule is CC1(C)C(C(=O)NN2CCCCC2)=NN(c2ccccc2Cl)C1c1ccc(Cl)cc1. The van der Waals surface area contributed by atoms with Gasteiger partial charge in [0.25, 0.3) is 5.91 Å². The van der Waals surface area contributed by atoms with Crippen LogP contribution in [0.5, 0.6) is 0 Å². The van der Waals surface area contributed by atoms with E-state index in [0.29, 0.717) is 15.8 Å². The van der Waals surface area contributed by atoms with Crippen LogP contribution >= 0.6 is 23.2 Å². The standard InChI is InChI=1S/C23H26Cl2N4O/c1-23(2)20(22(30)27-28-14-6-3-7-15-28)26-29(19-9-5-4-8-18(19)25)21(23)16-10-12-17(24)13-11-16/h4-5,8-13,21H,3,6-7,14-15H2,1-2H3,(H,27,30). The zero-order valence-corrected chi connectivity index (χ0v) is 18.7. The van der Waals surface area contributed by atoms with Crippen LogP contribution in [-0.2, 0) is 4.79 Å². The normalized spacial score (nSPS) is 21.4. The Kier molecular flexibility index (Phi) is 6.05. The zero-order valence-electron chi connectivity index (χ0n) is 17.2. The van der Waals surface area contributed by atoms with Gasteiger partial charge in [0, 0.05) is 23.5 Å². The van der Waals surface area contributed by atoms with Gasteiger partial charge in [-0.1, -0.05) is 67.7 Å². The van der Waals surface area contributed by atoms with Gasteiger partial charge in [-0.3, -0.25) is 15.2 Å². The Hall–Kier alpha value is -2.08. The van der Waals surface area contributed by atoms with Gasteiger partial charge in [-0.25, -0.2) is 5.01 Å². The summed E-state index contributed by atoms with van der Waals surface area (Å²) in [7, 11) is 0. The smallest absolute Gasteiger partial charge is 0.282 e. The van der Waals surface area contributed by atoms with Gasteiger partial charge >= 0.3 is 0 Å². The van der Waals surface area contributed by atoms with Gasteiger partial charge in [-0.2, -0.15) is 5.10 Å². The molecule has 0 aromatic heterocycles. The van der Waals surface area contributed by atoms with Crippen molar-refractivity contribution in [2.24, 2.45) is 10.5 Å². The molecule has 2 aliphatic rings. The van der Waals surface area contributed by atoms with Gasteiger partial charge in [0.2, 0.25) is 0 Å². The first-order valence-electron chi connectivity index (χ1n) is 10.3. The number of rotatable bonds is 4. The monoisotopic (exact) mass is 444 g/mol. The van der Waals surface area contributed by atoms with Crippen molar-refractivity contribution in [2.45, 2.75) is 39.2 Å². The highest BCUT2D eigenvalue weighted by Crippen LogP contribution is 2.48. The number of hydrazone groups is 1. The average molecular weight is 445 g/mol. The molecule has 30 heavy (non-hydrogen) atoms. The molecule has 1 saturated heterocycles. The highest BCUT2D eigenvalue weighted by atomic mass is 35.5. The number of halogens is 2. The lowest BCUT2D eigenvalue weighted by Gasteiger charge is -2.34. The van der Waals surface area contributed by atoms with Crippen LogP contribution in [0.3, 0.4) is 0 Å². The van der Waals surface area contributed by atoms with E-state index in [-0.39, 0.29) is 11.9 Å². The van der Waals surface area contributed by atoms with Gasteiger partial charge in [0.15, 0.2) is 0 Å². The summed E-state index contributed by atoms with van der Waals surface area (Å²) in [6, 6.07) is 15.1. The summed E-state index contributed by atoms with van der Waals surface area (Å²) in [5.41, 5.74) is 4.81. The van der Waals surface area contributed by atoms with Gasteiger partial charge in [0.1, 0.15) is 5.71 Å². The Labute approximate surface area is 187 Å². The summed E-state index contributed by atoms with van der Waals surface area (Å²) in [4.78, 5) is 13.3. The van der Waals surface area contributed by atoms with Crippen LogP contribution in [0, 0.1) is 5.41 Å². The van der Waals surface area contributed by atoms with Crippen molar-refractivity contribution in [2.75, 3.05) is 18.1 Å². The van der Waals surface area contributed by atoms with Crippen LogP contribution in [0.2, 0.25) is 10.0 Å². The minimum atomic E-state index is -0.549. The molecule has 158 valence electrons. The Morgan fingerprint density at radius 3 is 2.37 bits per heavy atom. The molecule has 1 unspecified atom stereocenters. The Bertz CT molecular complexity index is 952. The Morgan fingerprint density at radius 1 is 1.03 bits per heavy atom. The van der Waals surface area contributed by atoms with Gasteiger partial charge in [-0.05, 0) is 42.7 Å². The van der Waals surface area contributed by atoms with Crippen LogP contribution in [0.4, 0.5) is 5.69 Å². The molecule has 2 aromatic rings. The molecule has 0 bridgehead atoms. The van der Waals surface area contributed by atoms with E-state index < -0.39 is 5.41 Å². The molecule has 0 saturated carbocycles. The fourth-order valence-corrected chi connectivity index (χ4v) is 4.65. The number of nitrogens with one attached hydrogen (secondary N) is 1.